The van der Waals surface area contributed by atoms with Gasteiger partial charge < -0.3 is 15.5 Å². The summed E-state index contributed by atoms with van der Waals surface area (Å²) in [7, 11) is 0. The lowest BCUT2D eigenvalue weighted by Gasteiger charge is -2.23. The van der Waals surface area contributed by atoms with Crippen molar-refractivity contribution in [2.45, 2.75) is 32.4 Å². The molecule has 0 bridgehead atoms. The van der Waals surface area contributed by atoms with E-state index >= 15 is 0 Å². The number of aliphatic imine (C=N–C) groups is 1. The Labute approximate surface area is 163 Å². The SMILES string of the molecule is CCN1CCCC1CNC(N)=NCc1coc(-c2cccs2)n1.I. The van der Waals surface area contributed by atoms with Crippen LogP contribution in [0.2, 0.25) is 0 Å². The third-order valence-electron chi connectivity index (χ3n) is 4.12. The van der Waals surface area contributed by atoms with E-state index in [0.29, 0.717) is 24.4 Å². The molecule has 1 fully saturated rings. The summed E-state index contributed by atoms with van der Waals surface area (Å²) in [5, 5.41) is 5.23. The molecule has 1 aliphatic heterocycles. The van der Waals surface area contributed by atoms with Crippen LogP contribution in [0.5, 0.6) is 0 Å². The second-order valence-corrected chi connectivity index (χ2v) is 6.58. The molecule has 1 unspecified atom stereocenters. The van der Waals surface area contributed by atoms with Crippen LogP contribution < -0.4 is 11.1 Å². The Bertz CT molecular complexity index is 643. The van der Waals surface area contributed by atoms with Crippen molar-refractivity contribution in [1.82, 2.24) is 15.2 Å². The number of halogens is 1. The molecule has 3 heterocycles. The van der Waals surface area contributed by atoms with Crippen LogP contribution in [-0.4, -0.2) is 41.5 Å². The number of thiophene rings is 1. The molecular weight excluding hydrogens is 437 g/mol. The normalized spacial score (nSPS) is 18.5. The Morgan fingerprint density at radius 1 is 1.58 bits per heavy atom. The summed E-state index contributed by atoms with van der Waals surface area (Å²) in [6, 6.07) is 4.53. The predicted octanol–water partition coefficient (Wildman–Crippen LogP) is 2.91. The molecule has 0 aromatic carbocycles. The summed E-state index contributed by atoms with van der Waals surface area (Å²) in [6.07, 6.45) is 4.13. The molecule has 0 spiro atoms. The first-order chi connectivity index (χ1) is 11.3. The van der Waals surface area contributed by atoms with Crippen LogP contribution in [0.4, 0.5) is 0 Å². The highest BCUT2D eigenvalue weighted by atomic mass is 127. The lowest BCUT2D eigenvalue weighted by Crippen LogP contribution is -2.42. The van der Waals surface area contributed by atoms with Crippen molar-refractivity contribution in [3.63, 3.8) is 0 Å². The number of nitrogens with one attached hydrogen (secondary N) is 1. The minimum absolute atomic E-state index is 0. The summed E-state index contributed by atoms with van der Waals surface area (Å²) in [5.41, 5.74) is 6.74. The highest BCUT2D eigenvalue weighted by molar-refractivity contribution is 14.0. The third kappa shape index (κ3) is 4.93. The maximum Gasteiger partial charge on any atom is 0.236 e. The van der Waals surface area contributed by atoms with Crippen LogP contribution in [-0.2, 0) is 6.54 Å². The quantitative estimate of drug-likeness (QED) is 0.393. The molecule has 2 aromatic heterocycles. The fourth-order valence-corrected chi connectivity index (χ4v) is 3.54. The second-order valence-electron chi connectivity index (χ2n) is 5.63. The molecule has 24 heavy (non-hydrogen) atoms. The van der Waals surface area contributed by atoms with Gasteiger partial charge in [0.15, 0.2) is 5.96 Å². The van der Waals surface area contributed by atoms with Gasteiger partial charge in [-0.1, -0.05) is 13.0 Å². The Hall–Kier alpha value is -1.13. The van der Waals surface area contributed by atoms with Crippen molar-refractivity contribution >= 4 is 41.3 Å². The van der Waals surface area contributed by atoms with Gasteiger partial charge in [-0.2, -0.15) is 0 Å². The first kappa shape index (κ1) is 19.2. The molecule has 1 atom stereocenters. The molecule has 0 amide bonds. The molecule has 0 saturated carbocycles. The van der Waals surface area contributed by atoms with Crippen LogP contribution in [0.25, 0.3) is 10.8 Å². The average Bonchev–Trinajstić information content (AvgIpc) is 3.31. The minimum atomic E-state index is 0. The van der Waals surface area contributed by atoms with Gasteiger partial charge in [-0.05, 0) is 37.4 Å². The van der Waals surface area contributed by atoms with Gasteiger partial charge in [0.05, 0.1) is 11.4 Å². The van der Waals surface area contributed by atoms with E-state index in [1.807, 2.05) is 17.5 Å². The lowest BCUT2D eigenvalue weighted by atomic mass is 10.2. The van der Waals surface area contributed by atoms with Crippen molar-refractivity contribution in [3.8, 4) is 10.8 Å². The zero-order chi connectivity index (χ0) is 16.1. The maximum absolute atomic E-state index is 5.95. The van der Waals surface area contributed by atoms with Gasteiger partial charge in [-0.3, -0.25) is 4.90 Å². The third-order valence-corrected chi connectivity index (χ3v) is 4.98. The van der Waals surface area contributed by atoms with Crippen molar-refractivity contribution < 1.29 is 4.42 Å². The highest BCUT2D eigenvalue weighted by Gasteiger charge is 2.22. The molecule has 0 radical (unpaired) electrons. The molecular formula is C16H24IN5OS. The molecule has 8 heteroatoms. The topological polar surface area (TPSA) is 79.7 Å². The van der Waals surface area contributed by atoms with Crippen molar-refractivity contribution in [1.29, 1.82) is 0 Å². The van der Waals surface area contributed by atoms with Gasteiger partial charge in [0.25, 0.3) is 0 Å². The van der Waals surface area contributed by atoms with Crippen LogP contribution in [0.1, 0.15) is 25.5 Å². The molecule has 132 valence electrons. The number of nitrogens with two attached hydrogens (primary N) is 1. The van der Waals surface area contributed by atoms with Gasteiger partial charge in [0.2, 0.25) is 5.89 Å². The molecule has 1 saturated heterocycles. The lowest BCUT2D eigenvalue weighted by molar-refractivity contribution is 0.267. The van der Waals surface area contributed by atoms with Gasteiger partial charge in [0, 0.05) is 12.6 Å². The zero-order valence-corrected chi connectivity index (χ0v) is 16.9. The van der Waals surface area contributed by atoms with Crippen molar-refractivity contribution in [2.75, 3.05) is 19.6 Å². The smallest absolute Gasteiger partial charge is 0.236 e. The van der Waals surface area contributed by atoms with E-state index in [2.05, 4.69) is 27.1 Å². The van der Waals surface area contributed by atoms with E-state index in [1.54, 1.807) is 17.6 Å². The minimum Gasteiger partial charge on any atom is -0.443 e. The number of hydrogen-bond donors (Lipinski definition) is 2. The van der Waals surface area contributed by atoms with Gasteiger partial charge in [-0.25, -0.2) is 9.98 Å². The van der Waals surface area contributed by atoms with E-state index in [0.717, 1.165) is 23.7 Å². The highest BCUT2D eigenvalue weighted by Crippen LogP contribution is 2.23. The summed E-state index contributed by atoms with van der Waals surface area (Å²) >= 11 is 1.60. The Kier molecular flexibility index (Phi) is 7.50. The van der Waals surface area contributed by atoms with Gasteiger partial charge in [-0.15, -0.1) is 35.3 Å². The first-order valence-corrected chi connectivity index (χ1v) is 8.90. The standard InChI is InChI=1S/C16H23N5OS.HI/c1-2-21-7-3-5-13(21)10-19-16(17)18-9-12-11-22-15(20-12)14-6-4-8-23-14;/h4,6,8,11,13H,2-3,5,7,9-10H2,1H3,(H3,17,18,19);1H. The molecule has 3 rings (SSSR count). The largest absolute Gasteiger partial charge is 0.443 e. The first-order valence-electron chi connectivity index (χ1n) is 8.02. The molecule has 6 nitrogen and oxygen atoms in total. The van der Waals surface area contributed by atoms with E-state index in [-0.39, 0.29) is 24.0 Å². The van der Waals surface area contributed by atoms with Crippen LogP contribution in [0.3, 0.4) is 0 Å². The van der Waals surface area contributed by atoms with Crippen LogP contribution in [0, 0.1) is 0 Å². The Morgan fingerprint density at radius 3 is 3.21 bits per heavy atom. The fourth-order valence-electron chi connectivity index (χ4n) is 2.88. The summed E-state index contributed by atoms with van der Waals surface area (Å²) in [4.78, 5) is 12.3. The maximum atomic E-state index is 5.95. The van der Waals surface area contributed by atoms with E-state index < -0.39 is 0 Å². The number of likely N-dealkylation sites (N-methyl/N-ethyl adjacent to an activating group) is 1. The summed E-state index contributed by atoms with van der Waals surface area (Å²) in [5.74, 6) is 1.11. The Morgan fingerprint density at radius 2 is 2.46 bits per heavy atom. The number of rotatable bonds is 6. The molecule has 3 N–H and O–H groups in total. The second kappa shape index (κ2) is 9.38. The number of hydrogen-bond acceptors (Lipinski definition) is 5. The van der Waals surface area contributed by atoms with E-state index in [4.69, 9.17) is 10.2 Å². The average molecular weight is 461 g/mol. The van der Waals surface area contributed by atoms with Gasteiger partial charge in [0.1, 0.15) is 12.0 Å². The summed E-state index contributed by atoms with van der Waals surface area (Å²) in [6.45, 7) is 5.75. The van der Waals surface area contributed by atoms with Crippen molar-refractivity contribution in [2.24, 2.45) is 10.7 Å². The van der Waals surface area contributed by atoms with Crippen molar-refractivity contribution in [3.05, 3.63) is 29.5 Å². The number of likely N-dealkylation sites (tertiary alicyclic amines) is 1. The summed E-state index contributed by atoms with van der Waals surface area (Å²) < 4.78 is 5.47. The number of oxazole rings is 1. The number of nitrogens with zero attached hydrogens (tertiary/aromatic N) is 3. The van der Waals surface area contributed by atoms with Crippen LogP contribution >= 0.6 is 35.3 Å². The van der Waals surface area contributed by atoms with E-state index in [9.17, 15) is 0 Å². The molecule has 2 aromatic rings. The zero-order valence-electron chi connectivity index (χ0n) is 13.8. The monoisotopic (exact) mass is 461 g/mol. The van der Waals surface area contributed by atoms with Crippen LogP contribution in [0.15, 0.2) is 33.2 Å². The van der Waals surface area contributed by atoms with Gasteiger partial charge >= 0.3 is 0 Å². The predicted molar refractivity (Wildman–Crippen MR) is 109 cm³/mol. The Balaban J connectivity index is 0.00000208. The number of guanidine groups is 1. The molecule has 1 aliphatic rings. The van der Waals surface area contributed by atoms with E-state index in [1.165, 1.54) is 19.4 Å². The number of aromatic nitrogens is 1. The fraction of sp³-hybridized carbons (Fsp3) is 0.500. The molecule has 0 aliphatic carbocycles.